The van der Waals surface area contributed by atoms with E-state index in [-0.39, 0.29) is 23.7 Å². The van der Waals surface area contributed by atoms with Gasteiger partial charge in [0.15, 0.2) is 17.6 Å². The number of para-hydroxylation sites is 1. The van der Waals surface area contributed by atoms with E-state index in [1.807, 2.05) is 6.07 Å². The van der Waals surface area contributed by atoms with Crippen LogP contribution in [0.5, 0.6) is 11.5 Å². The molecule has 0 saturated carbocycles. The highest BCUT2D eigenvalue weighted by molar-refractivity contribution is 5.48. The van der Waals surface area contributed by atoms with E-state index in [4.69, 9.17) is 9.47 Å². The molecule has 22 heavy (non-hydrogen) atoms. The number of halogens is 3. The van der Waals surface area contributed by atoms with Crippen LogP contribution in [0.3, 0.4) is 0 Å². The molecule has 0 fully saturated rings. The number of rotatable bonds is 5. The van der Waals surface area contributed by atoms with Gasteiger partial charge in [0.1, 0.15) is 6.61 Å². The van der Waals surface area contributed by atoms with Crippen LogP contribution >= 0.6 is 0 Å². The van der Waals surface area contributed by atoms with E-state index in [0.29, 0.717) is 0 Å². The molecule has 1 unspecified atom stereocenters. The fourth-order valence-electron chi connectivity index (χ4n) is 1.97. The SMILES string of the molecule is COc1cccc(C(O)C(F)(F)F)c1OCc1ccccc1. The lowest BCUT2D eigenvalue weighted by Gasteiger charge is -2.20. The topological polar surface area (TPSA) is 38.7 Å². The molecule has 0 spiro atoms. The Morgan fingerprint density at radius 2 is 1.73 bits per heavy atom. The van der Waals surface area contributed by atoms with Crippen LogP contribution < -0.4 is 9.47 Å². The maximum absolute atomic E-state index is 12.8. The zero-order chi connectivity index (χ0) is 16.2. The Kier molecular flexibility index (Phi) is 4.92. The summed E-state index contributed by atoms with van der Waals surface area (Å²) in [5, 5.41) is 9.49. The minimum atomic E-state index is -4.78. The molecule has 0 aromatic heterocycles. The summed E-state index contributed by atoms with van der Waals surface area (Å²) >= 11 is 0. The average molecular weight is 312 g/mol. The third-order valence-corrected chi connectivity index (χ3v) is 3.06. The van der Waals surface area contributed by atoms with Crippen molar-refractivity contribution in [1.29, 1.82) is 0 Å². The lowest BCUT2D eigenvalue weighted by Crippen LogP contribution is -2.21. The highest BCUT2D eigenvalue weighted by Gasteiger charge is 2.41. The smallest absolute Gasteiger partial charge is 0.418 e. The fourth-order valence-corrected chi connectivity index (χ4v) is 1.97. The molecule has 118 valence electrons. The van der Waals surface area contributed by atoms with Crippen LogP contribution in [0.1, 0.15) is 17.2 Å². The maximum atomic E-state index is 12.8. The van der Waals surface area contributed by atoms with Crippen LogP contribution in [0, 0.1) is 0 Å². The number of benzene rings is 2. The second-order valence-corrected chi connectivity index (χ2v) is 4.60. The first-order valence-corrected chi connectivity index (χ1v) is 6.52. The van der Waals surface area contributed by atoms with Crippen molar-refractivity contribution in [1.82, 2.24) is 0 Å². The molecule has 0 aliphatic rings. The first-order valence-electron chi connectivity index (χ1n) is 6.52. The molecular formula is C16H15F3O3. The van der Waals surface area contributed by atoms with Gasteiger partial charge in [-0.2, -0.15) is 13.2 Å². The van der Waals surface area contributed by atoms with Gasteiger partial charge in [0.25, 0.3) is 0 Å². The number of aliphatic hydroxyl groups excluding tert-OH is 1. The second-order valence-electron chi connectivity index (χ2n) is 4.60. The van der Waals surface area contributed by atoms with Gasteiger partial charge in [-0.3, -0.25) is 0 Å². The quantitative estimate of drug-likeness (QED) is 0.911. The summed E-state index contributed by atoms with van der Waals surface area (Å²) in [6, 6.07) is 13.0. The van der Waals surface area contributed by atoms with Crippen molar-refractivity contribution < 1.29 is 27.8 Å². The van der Waals surface area contributed by atoms with Crippen LogP contribution in [0.25, 0.3) is 0 Å². The van der Waals surface area contributed by atoms with Gasteiger partial charge in [-0.25, -0.2) is 0 Å². The van der Waals surface area contributed by atoms with Crippen LogP contribution in [0.2, 0.25) is 0 Å². The van der Waals surface area contributed by atoms with Crippen LogP contribution in [0.4, 0.5) is 13.2 Å². The minimum absolute atomic E-state index is 0.0682. The first kappa shape index (κ1) is 16.2. The summed E-state index contributed by atoms with van der Waals surface area (Å²) in [6.07, 6.45) is -7.41. The molecule has 0 radical (unpaired) electrons. The highest BCUT2D eigenvalue weighted by atomic mass is 19.4. The zero-order valence-corrected chi connectivity index (χ0v) is 11.8. The molecule has 0 amide bonds. The van der Waals surface area contributed by atoms with Crippen molar-refractivity contribution in [2.75, 3.05) is 7.11 Å². The summed E-state index contributed by atoms with van der Waals surface area (Å²) < 4.78 is 48.8. The molecule has 2 rings (SSSR count). The molecule has 2 aromatic rings. The molecule has 6 heteroatoms. The number of hydrogen-bond acceptors (Lipinski definition) is 3. The number of hydrogen-bond donors (Lipinski definition) is 1. The molecule has 1 N–H and O–H groups in total. The largest absolute Gasteiger partial charge is 0.493 e. The van der Waals surface area contributed by atoms with E-state index >= 15 is 0 Å². The van der Waals surface area contributed by atoms with Crippen molar-refractivity contribution in [2.24, 2.45) is 0 Å². The number of alkyl halides is 3. The zero-order valence-electron chi connectivity index (χ0n) is 11.8. The van der Waals surface area contributed by atoms with Gasteiger partial charge < -0.3 is 14.6 Å². The van der Waals surface area contributed by atoms with Gasteiger partial charge in [0.2, 0.25) is 0 Å². The van der Waals surface area contributed by atoms with Crippen LogP contribution in [-0.4, -0.2) is 18.4 Å². The molecular weight excluding hydrogens is 297 g/mol. The Morgan fingerprint density at radius 3 is 2.32 bits per heavy atom. The van der Waals surface area contributed by atoms with Crippen molar-refractivity contribution in [3.8, 4) is 11.5 Å². The second kappa shape index (κ2) is 6.70. The van der Waals surface area contributed by atoms with Gasteiger partial charge in [-0.1, -0.05) is 42.5 Å². The monoisotopic (exact) mass is 312 g/mol. The van der Waals surface area contributed by atoms with E-state index in [0.717, 1.165) is 5.56 Å². The van der Waals surface area contributed by atoms with Crippen LogP contribution in [0.15, 0.2) is 48.5 Å². The molecule has 0 aliphatic heterocycles. The first-order chi connectivity index (χ1) is 10.4. The molecule has 0 aliphatic carbocycles. The van der Waals surface area contributed by atoms with E-state index < -0.39 is 12.3 Å². The van der Waals surface area contributed by atoms with Gasteiger partial charge >= 0.3 is 6.18 Å². The Labute approximate surface area is 125 Å². The Bertz CT molecular complexity index is 612. The summed E-state index contributed by atoms with van der Waals surface area (Å²) in [7, 11) is 1.33. The van der Waals surface area contributed by atoms with Crippen molar-refractivity contribution in [3.63, 3.8) is 0 Å². The predicted molar refractivity (Wildman–Crippen MR) is 74.8 cm³/mol. The van der Waals surface area contributed by atoms with Crippen molar-refractivity contribution in [2.45, 2.75) is 18.9 Å². The third kappa shape index (κ3) is 3.71. The Balaban J connectivity index is 2.31. The average Bonchev–Trinajstić information content (AvgIpc) is 2.52. The predicted octanol–water partition coefficient (Wildman–Crippen LogP) is 3.87. The fraction of sp³-hybridized carbons (Fsp3) is 0.250. The third-order valence-electron chi connectivity index (χ3n) is 3.06. The summed E-state index contributed by atoms with van der Waals surface area (Å²) in [5.74, 6) is 0.0235. The minimum Gasteiger partial charge on any atom is -0.493 e. The Hall–Kier alpha value is -2.21. The number of methoxy groups -OCH3 is 1. The van der Waals surface area contributed by atoms with Crippen LogP contribution in [-0.2, 0) is 6.61 Å². The normalized spacial score (nSPS) is 12.8. The molecule has 0 saturated heterocycles. The van der Waals surface area contributed by atoms with E-state index in [9.17, 15) is 18.3 Å². The number of ether oxygens (including phenoxy) is 2. The van der Waals surface area contributed by atoms with Gasteiger partial charge in [0, 0.05) is 5.56 Å². The molecule has 0 heterocycles. The van der Waals surface area contributed by atoms with Crippen molar-refractivity contribution >= 4 is 0 Å². The van der Waals surface area contributed by atoms with Gasteiger partial charge in [0.05, 0.1) is 7.11 Å². The highest BCUT2D eigenvalue weighted by Crippen LogP contribution is 2.41. The van der Waals surface area contributed by atoms with E-state index in [1.165, 1.54) is 25.3 Å². The lowest BCUT2D eigenvalue weighted by molar-refractivity contribution is -0.207. The van der Waals surface area contributed by atoms with E-state index in [2.05, 4.69) is 0 Å². The Morgan fingerprint density at radius 1 is 1.05 bits per heavy atom. The molecule has 2 aromatic carbocycles. The summed E-state index contributed by atoms with van der Waals surface area (Å²) in [5.41, 5.74) is 0.420. The molecule has 3 nitrogen and oxygen atoms in total. The molecule has 1 atom stereocenters. The summed E-state index contributed by atoms with van der Waals surface area (Å²) in [6.45, 7) is 0.0682. The maximum Gasteiger partial charge on any atom is 0.418 e. The van der Waals surface area contributed by atoms with Crippen molar-refractivity contribution in [3.05, 3.63) is 59.7 Å². The lowest BCUT2D eigenvalue weighted by atomic mass is 10.1. The standard InChI is InChI=1S/C16H15F3O3/c1-21-13-9-5-8-12(15(20)16(17,18)19)14(13)22-10-11-6-3-2-4-7-11/h2-9,15,20H,10H2,1H3. The van der Waals surface area contributed by atoms with Gasteiger partial charge in [-0.05, 0) is 11.6 Å². The molecule has 0 bridgehead atoms. The van der Waals surface area contributed by atoms with E-state index in [1.54, 1.807) is 24.3 Å². The number of aliphatic hydroxyl groups is 1. The summed E-state index contributed by atoms with van der Waals surface area (Å²) in [4.78, 5) is 0. The van der Waals surface area contributed by atoms with Gasteiger partial charge in [-0.15, -0.1) is 0 Å².